The molecule has 1 aromatic heterocycles. The van der Waals surface area contributed by atoms with Crippen LogP contribution in [0.4, 0.5) is 0 Å². The van der Waals surface area contributed by atoms with Crippen LogP contribution in [-0.2, 0) is 16.1 Å². The molecular formula is C16H23N3O3. The van der Waals surface area contributed by atoms with Gasteiger partial charge in [0.05, 0.1) is 19.2 Å². The summed E-state index contributed by atoms with van der Waals surface area (Å²) in [4.78, 5) is 23.7. The molecule has 22 heavy (non-hydrogen) atoms. The van der Waals surface area contributed by atoms with Gasteiger partial charge in [-0.15, -0.1) is 0 Å². The fourth-order valence-corrected chi connectivity index (χ4v) is 2.54. The third-order valence-electron chi connectivity index (χ3n) is 3.79. The zero-order chi connectivity index (χ0) is 15.8. The molecule has 0 radical (unpaired) electrons. The molecule has 0 aliphatic heterocycles. The SMILES string of the molecule is C/C(CC(=O)NCc1ccco1)=N/NC(=O)C1CCCCC1. The van der Waals surface area contributed by atoms with Crippen LogP contribution in [0, 0.1) is 5.92 Å². The number of furan rings is 1. The lowest BCUT2D eigenvalue weighted by molar-refractivity contribution is -0.126. The van der Waals surface area contributed by atoms with Gasteiger partial charge in [-0.25, -0.2) is 5.43 Å². The van der Waals surface area contributed by atoms with E-state index in [0.717, 1.165) is 25.7 Å². The van der Waals surface area contributed by atoms with Crippen molar-refractivity contribution < 1.29 is 14.0 Å². The molecule has 6 nitrogen and oxygen atoms in total. The predicted molar refractivity (Wildman–Crippen MR) is 83.0 cm³/mol. The number of rotatable bonds is 6. The number of nitrogens with one attached hydrogen (secondary N) is 2. The summed E-state index contributed by atoms with van der Waals surface area (Å²) in [6.07, 6.45) is 7.02. The number of hydrogen-bond donors (Lipinski definition) is 2. The minimum atomic E-state index is -0.149. The van der Waals surface area contributed by atoms with Crippen molar-refractivity contribution in [2.75, 3.05) is 0 Å². The van der Waals surface area contributed by atoms with Gasteiger partial charge in [0.25, 0.3) is 0 Å². The maximum absolute atomic E-state index is 11.9. The van der Waals surface area contributed by atoms with E-state index in [2.05, 4.69) is 15.8 Å². The lowest BCUT2D eigenvalue weighted by Gasteiger charge is -2.19. The van der Waals surface area contributed by atoms with E-state index in [-0.39, 0.29) is 24.2 Å². The molecule has 0 spiro atoms. The van der Waals surface area contributed by atoms with E-state index in [4.69, 9.17) is 4.42 Å². The predicted octanol–water partition coefficient (Wildman–Crippen LogP) is 2.36. The van der Waals surface area contributed by atoms with Crippen molar-refractivity contribution in [1.29, 1.82) is 0 Å². The van der Waals surface area contributed by atoms with Crippen LogP contribution in [0.25, 0.3) is 0 Å². The summed E-state index contributed by atoms with van der Waals surface area (Å²) in [6, 6.07) is 3.57. The Kier molecular flexibility index (Phi) is 6.18. The number of hydrogen-bond acceptors (Lipinski definition) is 4. The molecule has 1 aromatic rings. The maximum atomic E-state index is 11.9. The van der Waals surface area contributed by atoms with Gasteiger partial charge in [0.1, 0.15) is 5.76 Å². The van der Waals surface area contributed by atoms with Gasteiger partial charge in [-0.2, -0.15) is 5.10 Å². The summed E-state index contributed by atoms with van der Waals surface area (Å²) in [5, 5.41) is 6.76. The minimum Gasteiger partial charge on any atom is -0.467 e. The van der Waals surface area contributed by atoms with Crippen LogP contribution in [0.1, 0.15) is 51.2 Å². The van der Waals surface area contributed by atoms with E-state index < -0.39 is 0 Å². The molecule has 0 aromatic carbocycles. The molecule has 1 fully saturated rings. The van der Waals surface area contributed by atoms with E-state index in [1.54, 1.807) is 25.3 Å². The fraction of sp³-hybridized carbons (Fsp3) is 0.562. The Balaban J connectivity index is 1.69. The highest BCUT2D eigenvalue weighted by atomic mass is 16.3. The van der Waals surface area contributed by atoms with Gasteiger partial charge in [0.15, 0.2) is 0 Å². The first-order valence-corrected chi connectivity index (χ1v) is 7.77. The van der Waals surface area contributed by atoms with Crippen LogP contribution in [0.5, 0.6) is 0 Å². The van der Waals surface area contributed by atoms with Crippen molar-refractivity contribution in [3.8, 4) is 0 Å². The summed E-state index contributed by atoms with van der Waals surface area (Å²) < 4.78 is 5.13. The molecule has 120 valence electrons. The van der Waals surface area contributed by atoms with Gasteiger partial charge in [0.2, 0.25) is 11.8 Å². The van der Waals surface area contributed by atoms with E-state index in [1.807, 2.05) is 0 Å². The summed E-state index contributed by atoms with van der Waals surface area (Å²) in [5.41, 5.74) is 3.16. The quantitative estimate of drug-likeness (QED) is 0.625. The zero-order valence-corrected chi connectivity index (χ0v) is 12.9. The molecule has 1 heterocycles. The lowest BCUT2D eigenvalue weighted by atomic mass is 9.89. The maximum Gasteiger partial charge on any atom is 0.243 e. The number of nitrogens with zero attached hydrogens (tertiary/aromatic N) is 1. The monoisotopic (exact) mass is 305 g/mol. The van der Waals surface area contributed by atoms with E-state index in [0.29, 0.717) is 18.0 Å². The molecule has 1 aliphatic carbocycles. The average Bonchev–Trinajstić information content (AvgIpc) is 3.05. The first kappa shape index (κ1) is 16.3. The molecule has 2 rings (SSSR count). The van der Waals surface area contributed by atoms with Crippen LogP contribution in [0.2, 0.25) is 0 Å². The molecular weight excluding hydrogens is 282 g/mol. The molecule has 6 heteroatoms. The highest BCUT2D eigenvalue weighted by Crippen LogP contribution is 2.23. The molecule has 2 amide bonds. The van der Waals surface area contributed by atoms with E-state index in [9.17, 15) is 9.59 Å². The van der Waals surface area contributed by atoms with Crippen molar-refractivity contribution in [3.63, 3.8) is 0 Å². The second-order valence-electron chi connectivity index (χ2n) is 5.69. The summed E-state index contributed by atoms with van der Waals surface area (Å²) in [5.74, 6) is 0.589. The van der Waals surface area contributed by atoms with Crippen LogP contribution in [-0.4, -0.2) is 17.5 Å². The van der Waals surface area contributed by atoms with Crippen LogP contribution in [0.3, 0.4) is 0 Å². The Morgan fingerprint density at radius 3 is 2.77 bits per heavy atom. The van der Waals surface area contributed by atoms with E-state index in [1.165, 1.54) is 6.42 Å². The molecule has 1 saturated carbocycles. The molecule has 0 atom stereocenters. The van der Waals surface area contributed by atoms with Gasteiger partial charge < -0.3 is 9.73 Å². The number of carbonyl (C=O) groups excluding carboxylic acids is 2. The molecule has 1 aliphatic rings. The molecule has 0 bridgehead atoms. The fourth-order valence-electron chi connectivity index (χ4n) is 2.54. The Morgan fingerprint density at radius 1 is 1.32 bits per heavy atom. The Hall–Kier alpha value is -2.11. The third kappa shape index (κ3) is 5.35. The van der Waals surface area contributed by atoms with Gasteiger partial charge >= 0.3 is 0 Å². The largest absolute Gasteiger partial charge is 0.467 e. The van der Waals surface area contributed by atoms with Gasteiger partial charge in [-0.05, 0) is 31.9 Å². The minimum absolute atomic E-state index is 0.0324. The number of amides is 2. The van der Waals surface area contributed by atoms with Crippen LogP contribution in [0.15, 0.2) is 27.9 Å². The zero-order valence-electron chi connectivity index (χ0n) is 12.9. The Morgan fingerprint density at radius 2 is 2.09 bits per heavy atom. The normalized spacial score (nSPS) is 16.3. The van der Waals surface area contributed by atoms with E-state index >= 15 is 0 Å². The number of carbonyl (C=O) groups is 2. The molecule has 0 unspecified atom stereocenters. The molecule has 2 N–H and O–H groups in total. The van der Waals surface area contributed by atoms with Crippen molar-refractivity contribution in [2.45, 2.75) is 52.0 Å². The third-order valence-corrected chi connectivity index (χ3v) is 3.79. The highest BCUT2D eigenvalue weighted by Gasteiger charge is 2.20. The summed E-state index contributed by atoms with van der Waals surface area (Å²) >= 11 is 0. The first-order valence-electron chi connectivity index (χ1n) is 7.77. The standard InChI is InChI=1S/C16H23N3O3/c1-12(10-15(20)17-11-14-8-5-9-22-14)18-19-16(21)13-6-3-2-4-7-13/h5,8-9,13H,2-4,6-7,10-11H2,1H3,(H,17,20)(H,19,21)/b18-12-. The van der Waals surface area contributed by atoms with Crippen LogP contribution < -0.4 is 10.7 Å². The Bertz CT molecular complexity index is 517. The van der Waals surface area contributed by atoms with Gasteiger partial charge in [0, 0.05) is 11.6 Å². The van der Waals surface area contributed by atoms with Gasteiger partial charge in [-0.3, -0.25) is 9.59 Å². The molecule has 0 saturated heterocycles. The number of hydrazone groups is 1. The van der Waals surface area contributed by atoms with Crippen molar-refractivity contribution in [2.24, 2.45) is 11.0 Å². The lowest BCUT2D eigenvalue weighted by Crippen LogP contribution is -2.30. The van der Waals surface area contributed by atoms with Crippen molar-refractivity contribution in [3.05, 3.63) is 24.2 Å². The highest BCUT2D eigenvalue weighted by molar-refractivity contribution is 6.00. The van der Waals surface area contributed by atoms with Crippen molar-refractivity contribution in [1.82, 2.24) is 10.7 Å². The topological polar surface area (TPSA) is 83.7 Å². The summed E-state index contributed by atoms with van der Waals surface area (Å²) in [7, 11) is 0. The Labute approximate surface area is 130 Å². The van der Waals surface area contributed by atoms with Gasteiger partial charge in [-0.1, -0.05) is 19.3 Å². The van der Waals surface area contributed by atoms with Crippen LogP contribution >= 0.6 is 0 Å². The first-order chi connectivity index (χ1) is 10.6. The smallest absolute Gasteiger partial charge is 0.243 e. The average molecular weight is 305 g/mol. The summed E-state index contributed by atoms with van der Waals surface area (Å²) in [6.45, 7) is 2.08. The second kappa shape index (κ2) is 8.36. The second-order valence-corrected chi connectivity index (χ2v) is 5.69. The van der Waals surface area contributed by atoms with Crippen molar-refractivity contribution >= 4 is 17.5 Å².